The van der Waals surface area contributed by atoms with Gasteiger partial charge in [0.15, 0.2) is 5.82 Å². The molecule has 0 bridgehead atoms. The van der Waals surface area contributed by atoms with Gasteiger partial charge in [0.25, 0.3) is 0 Å². The monoisotopic (exact) mass is 289 g/mol. The quantitative estimate of drug-likeness (QED) is 0.889. The number of piperidine rings is 1. The largest absolute Gasteiger partial charge is 0.335 e. The first-order valence-corrected chi connectivity index (χ1v) is 7.27. The van der Waals surface area contributed by atoms with Crippen LogP contribution in [0.25, 0.3) is 11.4 Å². The molecule has 112 valence electrons. The number of nitrogens with one attached hydrogen (secondary N) is 1. The van der Waals surface area contributed by atoms with Gasteiger partial charge in [-0.25, -0.2) is 4.39 Å². The number of aromatic nitrogens is 3. The number of nitrogens with two attached hydrogens (primary N) is 1. The number of anilines is 1. The summed E-state index contributed by atoms with van der Waals surface area (Å²) < 4.78 is 13.3. The van der Waals surface area contributed by atoms with Gasteiger partial charge in [0.05, 0.1) is 0 Å². The van der Waals surface area contributed by atoms with Gasteiger partial charge in [0.1, 0.15) is 5.82 Å². The summed E-state index contributed by atoms with van der Waals surface area (Å²) >= 11 is 0. The van der Waals surface area contributed by atoms with E-state index in [-0.39, 0.29) is 17.9 Å². The van der Waals surface area contributed by atoms with Crippen molar-refractivity contribution in [2.75, 3.05) is 11.4 Å². The summed E-state index contributed by atoms with van der Waals surface area (Å²) in [5, 5.41) is 7.23. The lowest BCUT2D eigenvalue weighted by Crippen LogP contribution is -2.50. The topological polar surface area (TPSA) is 70.8 Å². The molecule has 2 atom stereocenters. The van der Waals surface area contributed by atoms with E-state index in [4.69, 9.17) is 5.73 Å². The molecule has 0 saturated carbocycles. The molecule has 1 fully saturated rings. The number of aryl methyl sites for hydroxylation is 1. The molecule has 3 rings (SSSR count). The van der Waals surface area contributed by atoms with E-state index in [1.807, 2.05) is 0 Å². The van der Waals surface area contributed by atoms with Crippen LogP contribution in [0.2, 0.25) is 0 Å². The van der Waals surface area contributed by atoms with E-state index < -0.39 is 0 Å². The van der Waals surface area contributed by atoms with Crippen LogP contribution in [0.4, 0.5) is 10.3 Å². The van der Waals surface area contributed by atoms with Gasteiger partial charge >= 0.3 is 0 Å². The molecule has 0 aliphatic carbocycles. The second-order valence-electron chi connectivity index (χ2n) is 5.69. The van der Waals surface area contributed by atoms with Crippen LogP contribution in [0.1, 0.15) is 25.3 Å². The minimum Gasteiger partial charge on any atom is -0.335 e. The smallest absolute Gasteiger partial charge is 0.245 e. The van der Waals surface area contributed by atoms with Gasteiger partial charge < -0.3 is 10.6 Å². The van der Waals surface area contributed by atoms with Gasteiger partial charge in [-0.05, 0) is 50.5 Å². The zero-order chi connectivity index (χ0) is 15.0. The fraction of sp³-hybridized carbons (Fsp3) is 0.467. The number of benzene rings is 1. The maximum Gasteiger partial charge on any atom is 0.245 e. The Labute approximate surface area is 123 Å². The average Bonchev–Trinajstić information content (AvgIpc) is 2.94. The summed E-state index contributed by atoms with van der Waals surface area (Å²) in [4.78, 5) is 6.67. The Bertz CT molecular complexity index is 639. The van der Waals surface area contributed by atoms with Crippen LogP contribution in [0.15, 0.2) is 18.2 Å². The molecule has 0 amide bonds. The second-order valence-corrected chi connectivity index (χ2v) is 5.69. The van der Waals surface area contributed by atoms with Crippen molar-refractivity contribution in [3.8, 4) is 11.4 Å². The van der Waals surface area contributed by atoms with E-state index in [0.29, 0.717) is 17.3 Å². The third kappa shape index (κ3) is 2.63. The van der Waals surface area contributed by atoms with Crippen molar-refractivity contribution in [3.05, 3.63) is 29.6 Å². The molecule has 2 aromatic rings. The van der Waals surface area contributed by atoms with Crippen LogP contribution in [-0.4, -0.2) is 33.8 Å². The molecular weight excluding hydrogens is 269 g/mol. The zero-order valence-corrected chi connectivity index (χ0v) is 12.3. The molecule has 3 N–H and O–H groups in total. The molecule has 1 aliphatic rings. The average molecular weight is 289 g/mol. The molecule has 6 heteroatoms. The van der Waals surface area contributed by atoms with Gasteiger partial charge in [0.2, 0.25) is 5.95 Å². The first kappa shape index (κ1) is 14.0. The number of aromatic amines is 1. The summed E-state index contributed by atoms with van der Waals surface area (Å²) in [5.74, 6) is 1.10. The van der Waals surface area contributed by atoms with Gasteiger partial charge in [0, 0.05) is 24.2 Å². The van der Waals surface area contributed by atoms with Gasteiger partial charge in [-0.1, -0.05) is 0 Å². The summed E-state index contributed by atoms with van der Waals surface area (Å²) in [6, 6.07) is 5.29. The van der Waals surface area contributed by atoms with E-state index in [2.05, 4.69) is 27.0 Å². The molecule has 1 aromatic heterocycles. The summed E-state index contributed by atoms with van der Waals surface area (Å²) in [6.45, 7) is 4.75. The Hall–Kier alpha value is -1.95. The normalized spacial score (nSPS) is 22.6. The molecular formula is C15H20FN5. The van der Waals surface area contributed by atoms with Crippen molar-refractivity contribution in [1.29, 1.82) is 0 Å². The highest BCUT2D eigenvalue weighted by molar-refractivity contribution is 5.57. The van der Waals surface area contributed by atoms with Gasteiger partial charge in [-0.3, -0.25) is 5.10 Å². The number of rotatable bonds is 2. The highest BCUT2D eigenvalue weighted by Crippen LogP contribution is 2.24. The maximum atomic E-state index is 13.3. The number of nitrogens with zero attached hydrogens (tertiary/aromatic N) is 3. The third-order valence-corrected chi connectivity index (χ3v) is 4.21. The predicted molar refractivity (Wildman–Crippen MR) is 80.5 cm³/mol. The fourth-order valence-corrected chi connectivity index (χ4v) is 2.76. The van der Waals surface area contributed by atoms with Crippen molar-refractivity contribution < 1.29 is 4.39 Å². The number of hydrogen-bond acceptors (Lipinski definition) is 4. The van der Waals surface area contributed by atoms with Crippen molar-refractivity contribution in [3.63, 3.8) is 0 Å². The minimum atomic E-state index is -0.214. The SMILES string of the molecule is Cc1cc(-c2nc(N3CCCC(N)C3C)n[nH]2)ccc1F. The van der Waals surface area contributed by atoms with Crippen LogP contribution in [0.5, 0.6) is 0 Å². The molecule has 1 aromatic carbocycles. The Morgan fingerprint density at radius 3 is 3.00 bits per heavy atom. The molecule has 0 radical (unpaired) electrons. The standard InChI is InChI=1S/C15H20FN5/c1-9-8-11(5-6-12(9)16)14-18-15(20-19-14)21-7-3-4-13(17)10(21)2/h5-6,8,10,13H,3-4,7,17H2,1-2H3,(H,18,19,20). The maximum absolute atomic E-state index is 13.3. The number of H-pyrrole nitrogens is 1. The van der Waals surface area contributed by atoms with Crippen LogP contribution < -0.4 is 10.6 Å². The number of halogens is 1. The van der Waals surface area contributed by atoms with Crippen LogP contribution in [-0.2, 0) is 0 Å². The molecule has 1 aliphatic heterocycles. The van der Waals surface area contributed by atoms with Crippen molar-refractivity contribution in [2.24, 2.45) is 5.73 Å². The van der Waals surface area contributed by atoms with Crippen molar-refractivity contribution in [1.82, 2.24) is 15.2 Å². The van der Waals surface area contributed by atoms with Crippen LogP contribution >= 0.6 is 0 Å². The summed E-state index contributed by atoms with van der Waals surface area (Å²) in [5.41, 5.74) is 7.54. The Balaban J connectivity index is 1.87. The van der Waals surface area contributed by atoms with E-state index in [1.54, 1.807) is 19.1 Å². The first-order chi connectivity index (χ1) is 10.1. The molecule has 21 heavy (non-hydrogen) atoms. The lowest BCUT2D eigenvalue weighted by molar-refractivity contribution is 0.416. The molecule has 2 unspecified atom stereocenters. The third-order valence-electron chi connectivity index (χ3n) is 4.21. The summed E-state index contributed by atoms with van der Waals surface area (Å²) in [6.07, 6.45) is 2.08. The highest BCUT2D eigenvalue weighted by Gasteiger charge is 2.27. The lowest BCUT2D eigenvalue weighted by atomic mass is 9.99. The van der Waals surface area contributed by atoms with Crippen molar-refractivity contribution in [2.45, 2.75) is 38.8 Å². The molecule has 5 nitrogen and oxygen atoms in total. The molecule has 0 spiro atoms. The Kier molecular flexibility index (Phi) is 3.63. The Morgan fingerprint density at radius 1 is 1.43 bits per heavy atom. The molecule has 2 heterocycles. The Morgan fingerprint density at radius 2 is 2.24 bits per heavy atom. The van der Waals surface area contributed by atoms with E-state index in [1.165, 1.54) is 6.07 Å². The summed E-state index contributed by atoms with van der Waals surface area (Å²) in [7, 11) is 0. The van der Waals surface area contributed by atoms with Crippen molar-refractivity contribution >= 4 is 5.95 Å². The first-order valence-electron chi connectivity index (χ1n) is 7.27. The predicted octanol–water partition coefficient (Wildman–Crippen LogP) is 2.24. The van der Waals surface area contributed by atoms with Gasteiger partial charge in [-0.15, -0.1) is 5.10 Å². The molecule has 1 saturated heterocycles. The second kappa shape index (κ2) is 5.44. The number of hydrogen-bond donors (Lipinski definition) is 2. The fourth-order valence-electron chi connectivity index (χ4n) is 2.76. The van der Waals surface area contributed by atoms with E-state index >= 15 is 0 Å². The van der Waals surface area contributed by atoms with E-state index in [9.17, 15) is 4.39 Å². The zero-order valence-electron chi connectivity index (χ0n) is 12.3. The highest BCUT2D eigenvalue weighted by atomic mass is 19.1. The lowest BCUT2D eigenvalue weighted by Gasteiger charge is -2.36. The van der Waals surface area contributed by atoms with E-state index in [0.717, 1.165) is 24.9 Å². The van der Waals surface area contributed by atoms with Crippen LogP contribution in [0, 0.1) is 12.7 Å². The van der Waals surface area contributed by atoms with Gasteiger partial charge in [-0.2, -0.15) is 4.98 Å². The minimum absolute atomic E-state index is 0.147. The van der Waals surface area contributed by atoms with Crippen LogP contribution in [0.3, 0.4) is 0 Å².